The van der Waals surface area contributed by atoms with Crippen molar-refractivity contribution in [1.82, 2.24) is 9.13 Å². The van der Waals surface area contributed by atoms with Crippen molar-refractivity contribution in [2.45, 2.75) is 19.5 Å². The molecule has 1 aromatic heterocycles. The fourth-order valence-electron chi connectivity index (χ4n) is 2.22. The number of nitrogens with one attached hydrogen (secondary N) is 1. The number of aromatic nitrogens is 2. The zero-order valence-electron chi connectivity index (χ0n) is 12.8. The van der Waals surface area contributed by atoms with Gasteiger partial charge in [-0.15, -0.1) is 0 Å². The highest BCUT2D eigenvalue weighted by Crippen LogP contribution is 2.27. The first-order valence-electron chi connectivity index (χ1n) is 6.89. The van der Waals surface area contributed by atoms with Crippen LogP contribution in [0.3, 0.4) is 0 Å². The van der Waals surface area contributed by atoms with E-state index in [1.807, 2.05) is 6.92 Å². The molecule has 0 fully saturated rings. The monoisotopic (exact) mass is 341 g/mol. The number of aromatic hydroxyl groups is 1. The Hall–Kier alpha value is -2.84. The molecule has 24 heavy (non-hydrogen) atoms. The first-order chi connectivity index (χ1) is 11.1. The summed E-state index contributed by atoms with van der Waals surface area (Å²) in [5.41, 5.74) is -3.40. The largest absolute Gasteiger partial charge is 0.507 e. The first-order valence-corrected chi connectivity index (χ1v) is 6.89. The Labute approximate surface area is 133 Å². The molecule has 0 aliphatic carbocycles. The summed E-state index contributed by atoms with van der Waals surface area (Å²) in [7, 11) is 0.856. The summed E-state index contributed by atoms with van der Waals surface area (Å²) < 4.78 is 38.9. The number of hydrogen-bond donors (Lipinski definition) is 2. The molecule has 128 valence electrons. The summed E-state index contributed by atoms with van der Waals surface area (Å²) in [5, 5.41) is 17.9. The van der Waals surface area contributed by atoms with Crippen molar-refractivity contribution in [3.8, 4) is 5.75 Å². The topological polar surface area (TPSA) is 88.1 Å². The Bertz CT molecular complexity index is 926. The lowest BCUT2D eigenvalue weighted by atomic mass is 10.1. The first kappa shape index (κ1) is 17.5. The third kappa shape index (κ3) is 2.97. The molecule has 0 aliphatic rings. The smallest absolute Gasteiger partial charge is 0.431 e. The predicted molar refractivity (Wildman–Crippen MR) is 80.7 cm³/mol. The Kier molecular flexibility index (Phi) is 4.37. The lowest BCUT2D eigenvalue weighted by Crippen LogP contribution is -2.45. The minimum Gasteiger partial charge on any atom is -0.507 e. The Morgan fingerprint density at radius 3 is 2.38 bits per heavy atom. The molecule has 0 unspecified atom stereocenters. The zero-order chi connectivity index (χ0) is 18.2. The summed E-state index contributed by atoms with van der Waals surface area (Å²) in [5.74, 6) is -1.04. The van der Waals surface area contributed by atoms with Crippen LogP contribution in [0.1, 0.15) is 23.7 Å². The van der Waals surface area contributed by atoms with E-state index in [-0.39, 0.29) is 26.5 Å². The van der Waals surface area contributed by atoms with Gasteiger partial charge in [0, 0.05) is 13.1 Å². The zero-order valence-corrected chi connectivity index (χ0v) is 12.8. The van der Waals surface area contributed by atoms with E-state index in [1.165, 1.54) is 12.1 Å². The fraction of sp³-hybridized carbons (Fsp3) is 0.267. The molecule has 1 heterocycles. The molecule has 0 saturated carbocycles. The molecule has 0 spiro atoms. The van der Waals surface area contributed by atoms with E-state index < -0.39 is 29.0 Å². The number of alkyl halides is 3. The lowest BCUT2D eigenvalue weighted by molar-refractivity contribution is -0.144. The van der Waals surface area contributed by atoms with Crippen LogP contribution in [0.5, 0.6) is 5.75 Å². The van der Waals surface area contributed by atoms with Gasteiger partial charge < -0.3 is 5.11 Å². The van der Waals surface area contributed by atoms with E-state index in [9.17, 15) is 27.9 Å². The van der Waals surface area contributed by atoms with E-state index in [1.54, 1.807) is 6.07 Å². The van der Waals surface area contributed by atoms with Crippen molar-refractivity contribution in [3.63, 3.8) is 0 Å². The van der Waals surface area contributed by atoms with Crippen LogP contribution in [0.4, 0.5) is 13.2 Å². The van der Waals surface area contributed by atoms with E-state index in [2.05, 4.69) is 0 Å². The Morgan fingerprint density at radius 2 is 1.88 bits per heavy atom. The molecule has 0 atom stereocenters. The Balaban J connectivity index is 2.66. The average molecular weight is 341 g/mol. The van der Waals surface area contributed by atoms with Crippen molar-refractivity contribution in [1.29, 1.82) is 5.41 Å². The Morgan fingerprint density at radius 1 is 1.25 bits per heavy atom. The molecule has 0 saturated heterocycles. The number of hydrogen-bond acceptors (Lipinski definition) is 4. The van der Waals surface area contributed by atoms with Gasteiger partial charge in [-0.2, -0.15) is 13.2 Å². The van der Waals surface area contributed by atoms with Gasteiger partial charge in [-0.25, -0.2) is 9.36 Å². The van der Waals surface area contributed by atoms with Crippen LogP contribution >= 0.6 is 0 Å². The molecular weight excluding hydrogens is 327 g/mol. The summed E-state index contributed by atoms with van der Waals surface area (Å²) in [4.78, 5) is 24.0. The number of halogens is 3. The molecule has 0 radical (unpaired) electrons. The maximum absolute atomic E-state index is 12.8. The number of nitrogens with zero attached hydrogens (tertiary/aromatic N) is 2. The van der Waals surface area contributed by atoms with Crippen LogP contribution in [0.25, 0.3) is 0 Å². The van der Waals surface area contributed by atoms with E-state index in [0.29, 0.717) is 6.42 Å². The normalized spacial score (nSPS) is 11.5. The van der Waals surface area contributed by atoms with Crippen LogP contribution in [-0.2, 0) is 19.6 Å². The highest BCUT2D eigenvalue weighted by molar-refractivity contribution is 6.00. The van der Waals surface area contributed by atoms with Gasteiger partial charge in [-0.1, -0.05) is 13.0 Å². The molecule has 0 bridgehead atoms. The highest BCUT2D eigenvalue weighted by atomic mass is 19.4. The summed E-state index contributed by atoms with van der Waals surface area (Å²) in [6.07, 6.45) is -4.26. The van der Waals surface area contributed by atoms with Gasteiger partial charge in [-0.05, 0) is 24.1 Å². The number of rotatable bonds is 2. The molecule has 1 aromatic carbocycles. The minimum absolute atomic E-state index is 0.133. The highest BCUT2D eigenvalue weighted by Gasteiger charge is 2.35. The second-order valence-corrected chi connectivity index (χ2v) is 5.10. The van der Waals surface area contributed by atoms with Gasteiger partial charge in [0.15, 0.2) is 0 Å². The third-order valence-corrected chi connectivity index (χ3v) is 3.56. The average Bonchev–Trinajstić information content (AvgIpc) is 2.49. The van der Waals surface area contributed by atoms with Crippen molar-refractivity contribution in [2.75, 3.05) is 0 Å². The van der Waals surface area contributed by atoms with Gasteiger partial charge in [0.2, 0.25) is 0 Å². The standard InChI is InChI=1S/C15H14F3N3O3/c1-3-8-4-5-9(10(22)6-8)13(19)21-12(23)7-11(15(16,17)18)20(2)14(21)24/h4-7,19,22H,3H2,1-2H3. The summed E-state index contributed by atoms with van der Waals surface area (Å²) in [6.45, 7) is 1.84. The molecule has 0 amide bonds. The van der Waals surface area contributed by atoms with Gasteiger partial charge in [-0.3, -0.25) is 14.8 Å². The molecular formula is C15H14F3N3O3. The fourth-order valence-corrected chi connectivity index (χ4v) is 2.22. The van der Waals surface area contributed by atoms with Gasteiger partial charge in [0.1, 0.15) is 17.3 Å². The van der Waals surface area contributed by atoms with E-state index >= 15 is 0 Å². The second-order valence-electron chi connectivity index (χ2n) is 5.10. The van der Waals surface area contributed by atoms with Crippen LogP contribution in [-0.4, -0.2) is 20.1 Å². The van der Waals surface area contributed by atoms with Gasteiger partial charge in [0.05, 0.1) is 5.56 Å². The molecule has 2 rings (SSSR count). The summed E-state index contributed by atoms with van der Waals surface area (Å²) in [6, 6.07) is 4.53. The van der Waals surface area contributed by atoms with Crippen molar-refractivity contribution in [3.05, 3.63) is 61.9 Å². The van der Waals surface area contributed by atoms with Crippen molar-refractivity contribution in [2.24, 2.45) is 7.05 Å². The summed E-state index contributed by atoms with van der Waals surface area (Å²) >= 11 is 0. The SMILES string of the molecule is CCc1ccc(C(=N)n2c(=O)cc(C(F)(F)F)n(C)c2=O)c(O)c1. The van der Waals surface area contributed by atoms with E-state index in [0.717, 1.165) is 12.6 Å². The predicted octanol–water partition coefficient (Wildman–Crippen LogP) is 1.71. The number of phenols is 1. The third-order valence-electron chi connectivity index (χ3n) is 3.56. The van der Waals surface area contributed by atoms with E-state index in [4.69, 9.17) is 5.41 Å². The molecule has 2 aromatic rings. The van der Waals surface area contributed by atoms with Crippen LogP contribution < -0.4 is 11.2 Å². The van der Waals surface area contributed by atoms with Crippen LogP contribution in [0, 0.1) is 5.41 Å². The molecule has 2 N–H and O–H groups in total. The number of benzene rings is 1. The lowest BCUT2D eigenvalue weighted by Gasteiger charge is -2.15. The van der Waals surface area contributed by atoms with Gasteiger partial charge >= 0.3 is 11.9 Å². The molecule has 0 aliphatic heterocycles. The minimum atomic E-state index is -4.88. The van der Waals surface area contributed by atoms with Gasteiger partial charge in [0.25, 0.3) is 5.56 Å². The maximum Gasteiger partial charge on any atom is 0.431 e. The van der Waals surface area contributed by atoms with Crippen LogP contribution in [0.2, 0.25) is 0 Å². The van der Waals surface area contributed by atoms with Crippen molar-refractivity contribution < 1.29 is 18.3 Å². The molecule has 9 heteroatoms. The molecule has 6 nitrogen and oxygen atoms in total. The second kappa shape index (κ2) is 5.99. The van der Waals surface area contributed by atoms with Crippen LogP contribution in [0.15, 0.2) is 33.9 Å². The number of aryl methyl sites for hydroxylation is 1. The van der Waals surface area contributed by atoms with Crippen molar-refractivity contribution >= 4 is 5.84 Å². The quantitative estimate of drug-likeness (QED) is 0.644. The maximum atomic E-state index is 12.8. The number of phenolic OH excluding ortho intramolecular Hbond substituents is 1.